The third-order valence-electron chi connectivity index (χ3n) is 2.74. The van der Waals surface area contributed by atoms with Gasteiger partial charge in [-0.2, -0.15) is 0 Å². The van der Waals surface area contributed by atoms with Crippen molar-refractivity contribution in [3.05, 3.63) is 24.0 Å². The van der Waals surface area contributed by atoms with Crippen molar-refractivity contribution in [3.8, 4) is 0 Å². The van der Waals surface area contributed by atoms with E-state index in [1.54, 1.807) is 0 Å². The molecule has 1 atom stereocenters. The molecule has 0 N–H and O–H groups in total. The minimum Gasteiger partial charge on any atom is -0.309 e. The quantitative estimate of drug-likeness (QED) is 0.599. The number of aromatic nitrogens is 1. The molecule has 1 aromatic heterocycles. The molecule has 1 fully saturated rings. The van der Waals surface area contributed by atoms with Crippen molar-refractivity contribution in [2.45, 2.75) is 11.7 Å². The van der Waals surface area contributed by atoms with Crippen LogP contribution in [-0.4, -0.2) is 37.4 Å². The second kappa shape index (κ2) is 4.66. The Labute approximate surface area is 108 Å². The number of pyridine rings is 1. The van der Waals surface area contributed by atoms with E-state index in [0.29, 0.717) is 12.0 Å². The smallest absolute Gasteiger partial charge is 0.237 e. The van der Waals surface area contributed by atoms with E-state index in [9.17, 15) is 18.0 Å². The van der Waals surface area contributed by atoms with E-state index in [4.69, 9.17) is 10.7 Å². The molecule has 2 rings (SSSR count). The van der Waals surface area contributed by atoms with Crippen molar-refractivity contribution in [2.24, 2.45) is 0 Å². The fraction of sp³-hybridized carbons (Fsp3) is 0.300. The zero-order valence-corrected chi connectivity index (χ0v) is 10.7. The van der Waals surface area contributed by atoms with Crippen LogP contribution < -0.4 is 4.90 Å². The predicted octanol–water partition coefficient (Wildman–Crippen LogP) is 0.568. The van der Waals surface area contributed by atoms with E-state index in [1.807, 2.05) is 0 Å². The summed E-state index contributed by atoms with van der Waals surface area (Å²) in [4.78, 5) is 27.7. The van der Waals surface area contributed by atoms with Crippen LogP contribution in [0, 0.1) is 0 Å². The van der Waals surface area contributed by atoms with E-state index in [1.165, 1.54) is 23.4 Å². The van der Waals surface area contributed by atoms with Gasteiger partial charge in [0.25, 0.3) is 0 Å². The average molecular weight is 289 g/mol. The molecule has 1 amide bonds. The van der Waals surface area contributed by atoms with Gasteiger partial charge < -0.3 is 4.90 Å². The number of hydrogen-bond donors (Lipinski definition) is 0. The molecule has 0 saturated carbocycles. The van der Waals surface area contributed by atoms with Gasteiger partial charge in [0.2, 0.25) is 15.0 Å². The minimum absolute atomic E-state index is 0.0583. The summed E-state index contributed by atoms with van der Waals surface area (Å²) in [7, 11) is 1.44. The van der Waals surface area contributed by atoms with Gasteiger partial charge in [0.1, 0.15) is 5.25 Å². The molecule has 1 aliphatic rings. The summed E-state index contributed by atoms with van der Waals surface area (Å²) in [6.07, 6.45) is 3.18. The minimum atomic E-state index is -3.79. The molecule has 8 heteroatoms. The lowest BCUT2D eigenvalue weighted by atomic mass is 10.2. The van der Waals surface area contributed by atoms with Crippen molar-refractivity contribution >= 4 is 37.6 Å². The molecule has 2 heterocycles. The van der Waals surface area contributed by atoms with E-state index >= 15 is 0 Å². The third kappa shape index (κ3) is 2.37. The van der Waals surface area contributed by atoms with Crippen LogP contribution >= 0.6 is 10.7 Å². The Morgan fingerprint density at radius 2 is 2.22 bits per heavy atom. The lowest BCUT2D eigenvalue weighted by Crippen LogP contribution is -2.27. The third-order valence-corrected chi connectivity index (χ3v) is 4.61. The van der Waals surface area contributed by atoms with E-state index in [-0.39, 0.29) is 24.4 Å². The zero-order chi connectivity index (χ0) is 13.3. The van der Waals surface area contributed by atoms with Crippen LogP contribution in [0.4, 0.5) is 5.69 Å². The van der Waals surface area contributed by atoms with Crippen LogP contribution in [0.15, 0.2) is 18.5 Å². The van der Waals surface area contributed by atoms with Crippen molar-refractivity contribution < 1.29 is 18.0 Å². The molecule has 0 bridgehead atoms. The highest BCUT2D eigenvalue weighted by molar-refractivity contribution is 8.14. The average Bonchev–Trinajstić information content (AvgIpc) is 2.71. The van der Waals surface area contributed by atoms with E-state index in [0.717, 1.165) is 0 Å². The largest absolute Gasteiger partial charge is 0.309 e. The second-order valence-electron chi connectivity index (χ2n) is 3.86. The van der Waals surface area contributed by atoms with Crippen LogP contribution in [0.5, 0.6) is 0 Å². The molecule has 0 aromatic carbocycles. The van der Waals surface area contributed by atoms with Crippen LogP contribution in [0.1, 0.15) is 16.8 Å². The van der Waals surface area contributed by atoms with Crippen LogP contribution in [0.25, 0.3) is 0 Å². The normalized spacial score (nSPS) is 20.2. The fourth-order valence-electron chi connectivity index (χ4n) is 1.82. The van der Waals surface area contributed by atoms with Gasteiger partial charge >= 0.3 is 0 Å². The molecule has 1 saturated heterocycles. The summed E-state index contributed by atoms with van der Waals surface area (Å²) in [5, 5.41) is -0.952. The summed E-state index contributed by atoms with van der Waals surface area (Å²) < 4.78 is 22.4. The van der Waals surface area contributed by atoms with Gasteiger partial charge in [0.15, 0.2) is 6.29 Å². The predicted molar refractivity (Wildman–Crippen MR) is 65.2 cm³/mol. The Balaban J connectivity index is 2.36. The summed E-state index contributed by atoms with van der Waals surface area (Å²) in [5.74, 6) is -0.389. The molecule has 0 aliphatic carbocycles. The molecule has 96 valence electrons. The van der Waals surface area contributed by atoms with Crippen LogP contribution in [0.2, 0.25) is 0 Å². The number of nitrogens with zero attached hydrogens (tertiary/aromatic N) is 2. The second-order valence-corrected chi connectivity index (χ2v) is 6.77. The summed E-state index contributed by atoms with van der Waals surface area (Å²) in [5.41, 5.74) is 0.589. The molecule has 1 aliphatic heterocycles. The number of rotatable bonds is 3. The Hall–Kier alpha value is -1.47. The number of amides is 1. The Morgan fingerprint density at radius 1 is 1.50 bits per heavy atom. The first kappa shape index (κ1) is 13.0. The fourth-order valence-corrected chi connectivity index (χ4v) is 2.85. The number of carbonyl (C=O) groups is 2. The number of anilines is 1. The highest BCUT2D eigenvalue weighted by atomic mass is 35.7. The lowest BCUT2D eigenvalue weighted by Gasteiger charge is -2.17. The van der Waals surface area contributed by atoms with Gasteiger partial charge in [-0.1, -0.05) is 0 Å². The molecule has 0 spiro atoms. The van der Waals surface area contributed by atoms with Gasteiger partial charge in [-0.05, 0) is 6.07 Å². The molecular weight excluding hydrogens is 280 g/mol. The summed E-state index contributed by atoms with van der Waals surface area (Å²) in [6, 6.07) is 1.46. The van der Waals surface area contributed by atoms with E-state index < -0.39 is 14.3 Å². The number of hydrogen-bond acceptors (Lipinski definition) is 5. The first-order valence-electron chi connectivity index (χ1n) is 5.06. The van der Waals surface area contributed by atoms with Gasteiger partial charge in [-0.3, -0.25) is 14.6 Å². The Bertz CT molecular complexity index is 602. The van der Waals surface area contributed by atoms with Gasteiger partial charge in [-0.25, -0.2) is 8.42 Å². The maximum atomic E-state index is 11.8. The Kier molecular flexibility index (Phi) is 3.36. The number of halogens is 1. The van der Waals surface area contributed by atoms with E-state index in [2.05, 4.69) is 4.98 Å². The van der Waals surface area contributed by atoms with Crippen LogP contribution in [0.3, 0.4) is 0 Å². The monoisotopic (exact) mass is 288 g/mol. The number of carbonyl (C=O) groups excluding carboxylic acids is 2. The maximum Gasteiger partial charge on any atom is 0.237 e. The standard InChI is InChI=1S/C10H9ClN2O4S/c11-18(16,17)8-3-10(15)13(5-8)9-4-12-2-1-7(9)6-14/h1-2,4,6,8H,3,5H2. The highest BCUT2D eigenvalue weighted by Crippen LogP contribution is 2.27. The van der Waals surface area contributed by atoms with Gasteiger partial charge in [-0.15, -0.1) is 0 Å². The number of aldehydes is 1. The molecule has 18 heavy (non-hydrogen) atoms. The highest BCUT2D eigenvalue weighted by Gasteiger charge is 2.38. The first-order valence-corrected chi connectivity index (χ1v) is 7.43. The molecule has 6 nitrogen and oxygen atoms in total. The van der Waals surface area contributed by atoms with Crippen molar-refractivity contribution in [2.75, 3.05) is 11.4 Å². The van der Waals surface area contributed by atoms with Crippen molar-refractivity contribution in [1.29, 1.82) is 0 Å². The zero-order valence-electron chi connectivity index (χ0n) is 9.11. The van der Waals surface area contributed by atoms with Crippen LogP contribution in [-0.2, 0) is 13.8 Å². The molecule has 1 unspecified atom stereocenters. The summed E-state index contributed by atoms with van der Waals surface area (Å²) >= 11 is 0. The van der Waals surface area contributed by atoms with Crippen molar-refractivity contribution in [1.82, 2.24) is 4.98 Å². The molecular formula is C10H9ClN2O4S. The first-order chi connectivity index (χ1) is 8.43. The SMILES string of the molecule is O=Cc1ccncc1N1CC(S(=O)(=O)Cl)CC1=O. The summed E-state index contributed by atoms with van der Waals surface area (Å²) in [6.45, 7) is -0.0583. The topological polar surface area (TPSA) is 84.4 Å². The molecule has 0 radical (unpaired) electrons. The van der Waals surface area contributed by atoms with Gasteiger partial charge in [0.05, 0.1) is 11.9 Å². The lowest BCUT2D eigenvalue weighted by molar-refractivity contribution is -0.117. The Morgan fingerprint density at radius 3 is 2.78 bits per heavy atom. The van der Waals surface area contributed by atoms with Crippen molar-refractivity contribution in [3.63, 3.8) is 0 Å². The molecule has 1 aromatic rings. The maximum absolute atomic E-state index is 11.8. The van der Waals surface area contributed by atoms with Gasteiger partial charge in [0, 0.05) is 35.4 Å².